The Hall–Kier alpha value is -4.92. The van der Waals surface area contributed by atoms with E-state index >= 15 is 0 Å². The fourth-order valence-electron chi connectivity index (χ4n) is 4.65. The summed E-state index contributed by atoms with van der Waals surface area (Å²) in [7, 11) is 1.44. The Morgan fingerprint density at radius 2 is 1.83 bits per heavy atom. The van der Waals surface area contributed by atoms with Crippen LogP contribution < -0.4 is 10.6 Å². The molecule has 0 spiro atoms. The second-order valence-corrected chi connectivity index (χ2v) is 9.52. The number of pyridine rings is 1. The van der Waals surface area contributed by atoms with Crippen LogP contribution in [-0.2, 0) is 20.7 Å². The summed E-state index contributed by atoms with van der Waals surface area (Å²) in [6.07, 6.45) is 3.11. The lowest BCUT2D eigenvalue weighted by molar-refractivity contribution is -0.192. The van der Waals surface area contributed by atoms with E-state index in [0.29, 0.717) is 11.3 Å². The number of benzene rings is 2. The number of rotatable bonds is 8. The van der Waals surface area contributed by atoms with Crippen LogP contribution in [0.25, 0.3) is 17.1 Å². The third-order valence-electron chi connectivity index (χ3n) is 6.77. The summed E-state index contributed by atoms with van der Waals surface area (Å²) in [5, 5.41) is 19.5. The minimum absolute atomic E-state index is 0.0526. The largest absolute Gasteiger partial charge is 0.354 e. The van der Waals surface area contributed by atoms with Crippen molar-refractivity contribution in [3.8, 4) is 23.1 Å². The van der Waals surface area contributed by atoms with Crippen LogP contribution in [0.2, 0.25) is 0 Å². The predicted octanol–water partition coefficient (Wildman–Crippen LogP) is 3.08. The Kier molecular flexibility index (Phi) is 7.87. The Labute approximate surface area is 235 Å². The van der Waals surface area contributed by atoms with Gasteiger partial charge in [-0.25, -0.2) is 14.1 Å². The zero-order valence-electron chi connectivity index (χ0n) is 22.4. The number of nitrogens with one attached hydrogen (secondary N) is 2. The molecule has 0 saturated carbocycles. The summed E-state index contributed by atoms with van der Waals surface area (Å²) in [6.45, 7) is 2.26. The molecule has 3 heterocycles. The second-order valence-electron chi connectivity index (χ2n) is 9.52. The van der Waals surface area contributed by atoms with Crippen molar-refractivity contribution in [2.45, 2.75) is 25.2 Å². The number of ether oxygens (including phenoxy) is 2. The lowest BCUT2D eigenvalue weighted by atomic mass is 9.96. The van der Waals surface area contributed by atoms with Gasteiger partial charge in [0.05, 0.1) is 36.1 Å². The number of carbonyl (C=O) groups excluding carboxylic acids is 2. The summed E-state index contributed by atoms with van der Waals surface area (Å²) in [4.78, 5) is 31.3. The van der Waals surface area contributed by atoms with Gasteiger partial charge in [0.2, 0.25) is 0 Å². The van der Waals surface area contributed by atoms with E-state index in [1.807, 2.05) is 37.3 Å². The molecule has 2 amide bonds. The van der Waals surface area contributed by atoms with Crippen molar-refractivity contribution in [3.63, 3.8) is 0 Å². The molecular weight excluding hydrogens is 527 g/mol. The third kappa shape index (κ3) is 5.70. The zero-order chi connectivity index (χ0) is 29.0. The highest BCUT2D eigenvalue weighted by atomic mass is 19.1. The van der Waals surface area contributed by atoms with Gasteiger partial charge in [-0.3, -0.25) is 9.59 Å². The molecule has 10 nitrogen and oxygen atoms in total. The van der Waals surface area contributed by atoms with Crippen LogP contribution in [0.1, 0.15) is 27.0 Å². The van der Waals surface area contributed by atoms with E-state index in [1.165, 1.54) is 36.1 Å². The van der Waals surface area contributed by atoms with Crippen molar-refractivity contribution in [1.29, 1.82) is 5.26 Å². The average Bonchev–Trinajstić information content (AvgIpc) is 3.69. The zero-order valence-corrected chi connectivity index (χ0v) is 22.4. The first-order chi connectivity index (χ1) is 19.8. The van der Waals surface area contributed by atoms with Gasteiger partial charge < -0.3 is 20.1 Å². The molecule has 1 unspecified atom stereocenters. The first kappa shape index (κ1) is 27.6. The highest BCUT2D eigenvalue weighted by Crippen LogP contribution is 2.28. The number of halogens is 1. The van der Waals surface area contributed by atoms with E-state index in [4.69, 9.17) is 9.47 Å². The van der Waals surface area contributed by atoms with Gasteiger partial charge in [-0.05, 0) is 43.2 Å². The maximum absolute atomic E-state index is 13.9. The molecular formula is C30H27FN6O4. The summed E-state index contributed by atoms with van der Waals surface area (Å²) < 4.78 is 26.7. The molecule has 2 N–H and O–H groups in total. The molecule has 5 rings (SSSR count). The Morgan fingerprint density at radius 1 is 1.12 bits per heavy atom. The number of aryl methyl sites for hydroxylation is 1. The summed E-state index contributed by atoms with van der Waals surface area (Å²) >= 11 is 0. The number of aromatic nitrogens is 3. The molecule has 1 fully saturated rings. The molecule has 1 aliphatic heterocycles. The Bertz CT molecular complexity index is 1610. The average molecular weight is 555 g/mol. The predicted molar refractivity (Wildman–Crippen MR) is 146 cm³/mol. The van der Waals surface area contributed by atoms with Gasteiger partial charge in [0.25, 0.3) is 17.6 Å². The molecule has 2 aromatic heterocycles. The number of carbonyl (C=O) groups is 2. The van der Waals surface area contributed by atoms with Gasteiger partial charge in [0.1, 0.15) is 11.9 Å². The van der Waals surface area contributed by atoms with E-state index in [-0.39, 0.29) is 36.6 Å². The van der Waals surface area contributed by atoms with Crippen molar-refractivity contribution in [2.24, 2.45) is 0 Å². The minimum atomic E-state index is -1.83. The van der Waals surface area contributed by atoms with Crippen LogP contribution in [0.5, 0.6) is 0 Å². The lowest BCUT2D eigenvalue weighted by Gasteiger charge is -2.34. The molecule has 0 radical (unpaired) electrons. The normalized spacial score (nSPS) is 14.7. The highest BCUT2D eigenvalue weighted by molar-refractivity contribution is 5.98. The van der Waals surface area contributed by atoms with E-state index in [9.17, 15) is 19.2 Å². The third-order valence-corrected chi connectivity index (χ3v) is 6.77. The first-order valence-electron chi connectivity index (χ1n) is 12.9. The second kappa shape index (κ2) is 11.7. The SMILES string of the molecule is CNC(=O)C1(C(Cc2ccc(F)cc2)NC(=O)c2cc(C#N)cnc2-n2ccc(-c3ccc(C)cc3)n2)OCCO1. The Morgan fingerprint density at radius 3 is 2.49 bits per heavy atom. The van der Waals surface area contributed by atoms with Crippen LogP contribution in [0.3, 0.4) is 0 Å². The molecule has 11 heteroatoms. The van der Waals surface area contributed by atoms with E-state index in [2.05, 4.69) is 20.7 Å². The standard InChI is InChI=1S/C30H27FN6O4/c1-19-3-7-22(8-4-19)25-11-12-37(36-25)27-24(15-21(17-32)18-34-27)28(38)35-26(16-20-5-9-23(31)10-6-20)30(29(39)33-2)40-13-14-41-30/h3-12,15,18,26H,13-14,16H2,1-2H3,(H,33,39)(H,35,38). The van der Waals surface area contributed by atoms with Crippen molar-refractivity contribution < 1.29 is 23.5 Å². The van der Waals surface area contributed by atoms with Gasteiger partial charge in [0, 0.05) is 25.0 Å². The van der Waals surface area contributed by atoms with E-state index in [1.54, 1.807) is 24.4 Å². The van der Waals surface area contributed by atoms with E-state index < -0.39 is 29.5 Å². The van der Waals surface area contributed by atoms with Crippen molar-refractivity contribution in [1.82, 2.24) is 25.4 Å². The van der Waals surface area contributed by atoms with Gasteiger partial charge in [-0.1, -0.05) is 42.0 Å². The van der Waals surface area contributed by atoms with Crippen molar-refractivity contribution in [2.75, 3.05) is 20.3 Å². The molecule has 1 saturated heterocycles. The smallest absolute Gasteiger partial charge is 0.282 e. The van der Waals surface area contributed by atoms with Gasteiger partial charge >= 0.3 is 0 Å². The number of nitrogens with zero attached hydrogens (tertiary/aromatic N) is 4. The van der Waals surface area contributed by atoms with Gasteiger partial charge in [-0.2, -0.15) is 10.4 Å². The molecule has 1 atom stereocenters. The number of likely N-dealkylation sites (N-methyl/N-ethyl adjacent to an activating group) is 1. The first-order valence-corrected chi connectivity index (χ1v) is 12.9. The maximum Gasteiger partial charge on any atom is 0.282 e. The molecule has 1 aliphatic rings. The summed E-state index contributed by atoms with van der Waals surface area (Å²) in [5.74, 6) is -3.28. The number of amides is 2. The molecule has 2 aromatic carbocycles. The molecule has 0 bridgehead atoms. The topological polar surface area (TPSA) is 131 Å². The van der Waals surface area contributed by atoms with Crippen molar-refractivity contribution >= 4 is 11.8 Å². The van der Waals surface area contributed by atoms with Crippen LogP contribution in [0, 0.1) is 24.1 Å². The summed E-state index contributed by atoms with van der Waals surface area (Å²) in [5.41, 5.74) is 3.52. The van der Waals surface area contributed by atoms with Gasteiger partial charge in [-0.15, -0.1) is 0 Å². The van der Waals surface area contributed by atoms with E-state index in [0.717, 1.165) is 11.1 Å². The van der Waals surface area contributed by atoms with Crippen molar-refractivity contribution in [3.05, 3.63) is 101 Å². The van der Waals surface area contributed by atoms with Crippen LogP contribution in [-0.4, -0.2) is 58.7 Å². The molecule has 0 aliphatic carbocycles. The van der Waals surface area contributed by atoms with Crippen LogP contribution in [0.15, 0.2) is 73.1 Å². The fourth-order valence-corrected chi connectivity index (χ4v) is 4.65. The molecule has 4 aromatic rings. The monoisotopic (exact) mass is 554 g/mol. The summed E-state index contributed by atoms with van der Waals surface area (Å²) in [6, 6.07) is 17.7. The van der Waals surface area contributed by atoms with Crippen LogP contribution in [0.4, 0.5) is 4.39 Å². The number of hydrogen-bond donors (Lipinski definition) is 2. The highest BCUT2D eigenvalue weighted by Gasteiger charge is 2.52. The molecule has 208 valence electrons. The minimum Gasteiger partial charge on any atom is -0.354 e. The lowest BCUT2D eigenvalue weighted by Crippen LogP contribution is -2.62. The number of hydrogen-bond acceptors (Lipinski definition) is 7. The quantitative estimate of drug-likeness (QED) is 0.342. The molecule has 41 heavy (non-hydrogen) atoms. The van der Waals surface area contributed by atoms with Gasteiger partial charge in [0.15, 0.2) is 5.82 Å². The number of nitriles is 1. The Balaban J connectivity index is 1.52. The maximum atomic E-state index is 13.9. The fraction of sp³-hybridized carbons (Fsp3) is 0.233. The van der Waals surface area contributed by atoms with Crippen LogP contribution >= 0.6 is 0 Å².